The fraction of sp³-hybridized carbons (Fsp3) is 0.667. The predicted molar refractivity (Wildman–Crippen MR) is 118 cm³/mol. The number of carbonyl (C=O) groups excluding carboxylic acids is 1. The first-order chi connectivity index (χ1) is 13.1. The SMILES string of the molecule is CC1CCC(C(C)C)C(C23CCC(C)(C(=O)C2=Cc2ccccc2)C3(C)C)C1. The van der Waals surface area contributed by atoms with Crippen LogP contribution in [0.5, 0.6) is 0 Å². The third-order valence-electron chi connectivity index (χ3n) is 9.51. The molecule has 5 atom stereocenters. The fourth-order valence-electron chi connectivity index (χ4n) is 7.46. The Balaban J connectivity index is 1.91. The van der Waals surface area contributed by atoms with Crippen molar-refractivity contribution in [1.29, 1.82) is 0 Å². The minimum Gasteiger partial charge on any atom is -0.294 e. The van der Waals surface area contributed by atoms with E-state index >= 15 is 0 Å². The molecule has 1 heteroatoms. The van der Waals surface area contributed by atoms with Crippen molar-refractivity contribution < 1.29 is 4.79 Å². The van der Waals surface area contributed by atoms with Crippen molar-refractivity contribution in [2.75, 3.05) is 0 Å². The van der Waals surface area contributed by atoms with Crippen LogP contribution in [-0.4, -0.2) is 5.78 Å². The van der Waals surface area contributed by atoms with Crippen LogP contribution in [0.2, 0.25) is 0 Å². The van der Waals surface area contributed by atoms with Gasteiger partial charge in [0.05, 0.1) is 0 Å². The lowest BCUT2D eigenvalue weighted by Gasteiger charge is -2.53. The van der Waals surface area contributed by atoms with Gasteiger partial charge in [-0.05, 0) is 66.4 Å². The van der Waals surface area contributed by atoms with Crippen molar-refractivity contribution in [1.82, 2.24) is 0 Å². The van der Waals surface area contributed by atoms with Crippen LogP contribution >= 0.6 is 0 Å². The summed E-state index contributed by atoms with van der Waals surface area (Å²) in [4.78, 5) is 13.8. The van der Waals surface area contributed by atoms with E-state index in [-0.39, 0.29) is 16.2 Å². The summed E-state index contributed by atoms with van der Waals surface area (Å²) in [6, 6.07) is 10.5. The zero-order valence-electron chi connectivity index (χ0n) is 18.7. The first-order valence-electron chi connectivity index (χ1n) is 11.5. The lowest BCUT2D eigenvalue weighted by Crippen LogP contribution is -2.47. The molecule has 1 aromatic carbocycles. The van der Waals surface area contributed by atoms with Crippen LogP contribution in [0.4, 0.5) is 0 Å². The highest BCUT2D eigenvalue weighted by Crippen LogP contribution is 2.77. The Morgan fingerprint density at radius 1 is 1.04 bits per heavy atom. The zero-order valence-corrected chi connectivity index (χ0v) is 18.7. The van der Waals surface area contributed by atoms with Crippen LogP contribution in [0.1, 0.15) is 79.2 Å². The van der Waals surface area contributed by atoms with Crippen molar-refractivity contribution in [3.63, 3.8) is 0 Å². The zero-order chi connectivity index (χ0) is 20.3. The maximum Gasteiger partial charge on any atom is 0.165 e. The number of hydrogen-bond acceptors (Lipinski definition) is 1. The molecule has 1 nitrogen and oxygen atoms in total. The Morgan fingerprint density at radius 2 is 1.71 bits per heavy atom. The molecule has 3 aliphatic carbocycles. The van der Waals surface area contributed by atoms with Crippen LogP contribution < -0.4 is 0 Å². The highest BCUT2D eigenvalue weighted by molar-refractivity contribution is 6.09. The molecule has 0 saturated heterocycles. The summed E-state index contributed by atoms with van der Waals surface area (Å²) >= 11 is 0. The van der Waals surface area contributed by atoms with Gasteiger partial charge in [0, 0.05) is 16.4 Å². The smallest absolute Gasteiger partial charge is 0.165 e. The molecule has 3 aliphatic rings. The quantitative estimate of drug-likeness (QED) is 0.509. The minimum absolute atomic E-state index is 0.0204. The maximum atomic E-state index is 13.8. The molecule has 0 aliphatic heterocycles. The molecule has 0 aromatic heterocycles. The number of carbonyl (C=O) groups is 1. The molecule has 0 amide bonds. The van der Waals surface area contributed by atoms with Crippen molar-refractivity contribution in [2.24, 2.45) is 39.9 Å². The molecule has 0 radical (unpaired) electrons. The average Bonchev–Trinajstić information content (AvgIpc) is 2.93. The van der Waals surface area contributed by atoms with Gasteiger partial charge < -0.3 is 0 Å². The summed E-state index contributed by atoms with van der Waals surface area (Å²) in [5.74, 6) is 3.24. The largest absolute Gasteiger partial charge is 0.294 e. The number of allylic oxidation sites excluding steroid dienone is 1. The first kappa shape index (κ1) is 19.9. The molecular weight excluding hydrogens is 340 g/mol. The van der Waals surface area contributed by atoms with E-state index < -0.39 is 0 Å². The Labute approximate surface area is 172 Å². The van der Waals surface area contributed by atoms with Crippen LogP contribution in [0.15, 0.2) is 35.9 Å². The van der Waals surface area contributed by atoms with Gasteiger partial charge in [-0.25, -0.2) is 0 Å². The van der Waals surface area contributed by atoms with E-state index in [2.05, 4.69) is 78.0 Å². The molecule has 0 heterocycles. The summed E-state index contributed by atoms with van der Waals surface area (Å²) in [6.07, 6.45) is 8.46. The van der Waals surface area contributed by atoms with E-state index in [0.717, 1.165) is 23.8 Å². The van der Waals surface area contributed by atoms with Crippen LogP contribution in [0, 0.1) is 39.9 Å². The molecule has 28 heavy (non-hydrogen) atoms. The number of Topliss-reactive ketones (excluding diaryl/α,β-unsaturated/α-hetero) is 1. The van der Waals surface area contributed by atoms with Crippen LogP contribution in [0.3, 0.4) is 0 Å². The number of ketones is 1. The molecule has 0 N–H and O–H groups in total. The van der Waals surface area contributed by atoms with Crippen molar-refractivity contribution in [2.45, 2.75) is 73.6 Å². The van der Waals surface area contributed by atoms with E-state index in [1.807, 2.05) is 0 Å². The van der Waals surface area contributed by atoms with Gasteiger partial charge in [-0.1, -0.05) is 78.3 Å². The van der Waals surface area contributed by atoms with Gasteiger partial charge in [-0.2, -0.15) is 0 Å². The van der Waals surface area contributed by atoms with Gasteiger partial charge in [-0.3, -0.25) is 4.79 Å². The van der Waals surface area contributed by atoms with Gasteiger partial charge in [0.2, 0.25) is 0 Å². The molecule has 3 fully saturated rings. The molecule has 152 valence electrons. The molecule has 1 aromatic rings. The molecule has 4 rings (SSSR count). The molecule has 3 saturated carbocycles. The second-order valence-corrected chi connectivity index (χ2v) is 11.2. The highest BCUT2D eigenvalue weighted by Gasteiger charge is 2.74. The second kappa shape index (κ2) is 6.57. The average molecular weight is 379 g/mol. The van der Waals surface area contributed by atoms with E-state index in [4.69, 9.17) is 0 Å². The monoisotopic (exact) mass is 378 g/mol. The summed E-state index contributed by atoms with van der Waals surface area (Å²) in [6.45, 7) is 14.3. The highest BCUT2D eigenvalue weighted by atomic mass is 16.1. The summed E-state index contributed by atoms with van der Waals surface area (Å²) in [5.41, 5.74) is 2.17. The van der Waals surface area contributed by atoms with E-state index in [0.29, 0.717) is 17.6 Å². The van der Waals surface area contributed by atoms with Crippen LogP contribution in [0.25, 0.3) is 6.08 Å². The lowest BCUT2D eigenvalue weighted by atomic mass is 9.51. The third kappa shape index (κ3) is 2.47. The van der Waals surface area contributed by atoms with E-state index in [1.165, 1.54) is 31.2 Å². The minimum atomic E-state index is -0.212. The second-order valence-electron chi connectivity index (χ2n) is 11.2. The number of fused-ring (bicyclic) bond motifs is 2. The molecular formula is C27H38O. The van der Waals surface area contributed by atoms with Gasteiger partial charge in [-0.15, -0.1) is 0 Å². The fourth-order valence-corrected chi connectivity index (χ4v) is 7.46. The number of hydrogen-bond donors (Lipinski definition) is 0. The van der Waals surface area contributed by atoms with Gasteiger partial charge in [0.1, 0.15) is 0 Å². The van der Waals surface area contributed by atoms with Crippen molar-refractivity contribution >= 4 is 11.9 Å². The number of benzene rings is 1. The Morgan fingerprint density at radius 3 is 2.36 bits per heavy atom. The van der Waals surface area contributed by atoms with Gasteiger partial charge in [0.25, 0.3) is 0 Å². The predicted octanol–water partition coefficient (Wildman–Crippen LogP) is 7.17. The lowest BCUT2D eigenvalue weighted by molar-refractivity contribution is -0.125. The van der Waals surface area contributed by atoms with E-state index in [1.54, 1.807) is 0 Å². The maximum absolute atomic E-state index is 13.8. The first-order valence-corrected chi connectivity index (χ1v) is 11.5. The molecule has 0 spiro atoms. The molecule has 5 unspecified atom stereocenters. The van der Waals surface area contributed by atoms with Crippen molar-refractivity contribution in [3.8, 4) is 0 Å². The number of rotatable bonds is 3. The summed E-state index contributed by atoms with van der Waals surface area (Å²) < 4.78 is 0. The van der Waals surface area contributed by atoms with E-state index in [9.17, 15) is 4.79 Å². The van der Waals surface area contributed by atoms with Crippen LogP contribution in [-0.2, 0) is 4.79 Å². The third-order valence-corrected chi connectivity index (χ3v) is 9.51. The Bertz CT molecular complexity index is 786. The summed E-state index contributed by atoms with van der Waals surface area (Å²) in [7, 11) is 0. The van der Waals surface area contributed by atoms with Crippen molar-refractivity contribution in [3.05, 3.63) is 41.5 Å². The topological polar surface area (TPSA) is 17.1 Å². The Kier molecular flexibility index (Phi) is 4.68. The summed E-state index contributed by atoms with van der Waals surface area (Å²) in [5, 5.41) is 0. The standard InChI is InChI=1S/C27H38O/c1-18(2)21-13-12-19(3)16-22(21)27-15-14-26(6,25(27,4)5)24(28)23(27)17-20-10-8-7-9-11-20/h7-11,17-19,21-22H,12-16H2,1-6H3. The van der Waals surface area contributed by atoms with Gasteiger partial charge in [0.15, 0.2) is 5.78 Å². The molecule has 2 bridgehead atoms. The van der Waals surface area contributed by atoms with Gasteiger partial charge >= 0.3 is 0 Å². The Hall–Kier alpha value is -1.37. The normalized spacial score (nSPS) is 41.2.